The van der Waals surface area contributed by atoms with Crippen LogP contribution >= 0.6 is 0 Å². The summed E-state index contributed by atoms with van der Waals surface area (Å²) in [6.45, 7) is 9.69. The molecule has 1 heterocycles. The van der Waals surface area contributed by atoms with Crippen LogP contribution in [0.5, 0.6) is 0 Å². The van der Waals surface area contributed by atoms with Gasteiger partial charge in [-0.2, -0.15) is 0 Å². The molecule has 23 heavy (non-hydrogen) atoms. The first-order chi connectivity index (χ1) is 11.1. The van der Waals surface area contributed by atoms with Crippen molar-refractivity contribution in [2.45, 2.75) is 72.6 Å². The number of aryl methyl sites for hydroxylation is 1. The van der Waals surface area contributed by atoms with Crippen LogP contribution in [-0.2, 0) is 7.05 Å². The fraction of sp³-hybridized carbons (Fsp3) is 0.619. The molecule has 0 N–H and O–H groups in total. The Morgan fingerprint density at radius 1 is 1.00 bits per heavy atom. The molecular formula is C21H35NSn. The number of hydrogen-bond donors (Lipinski definition) is 0. The molecule has 2 rings (SSSR count). The Labute approximate surface area is 147 Å². The molecule has 0 spiro atoms. The Hall–Kier alpha value is -0.441. The van der Waals surface area contributed by atoms with Crippen molar-refractivity contribution in [2.24, 2.45) is 7.05 Å². The summed E-state index contributed by atoms with van der Waals surface area (Å²) in [6.07, 6.45) is 6.87. The van der Waals surface area contributed by atoms with Gasteiger partial charge in [0.2, 0.25) is 0 Å². The number of para-hydroxylation sites is 1. The van der Waals surface area contributed by atoms with Gasteiger partial charge in [-0.15, -0.1) is 0 Å². The average molecular weight is 420 g/mol. The maximum absolute atomic E-state index is 2.57. The van der Waals surface area contributed by atoms with E-state index in [1.165, 1.54) is 51.9 Å². The van der Waals surface area contributed by atoms with Crippen molar-refractivity contribution in [2.75, 3.05) is 0 Å². The van der Waals surface area contributed by atoms with E-state index in [1.807, 2.05) is 0 Å². The Morgan fingerprint density at radius 2 is 1.61 bits per heavy atom. The third-order valence-electron chi connectivity index (χ3n) is 5.97. The molecule has 1 unspecified atom stereocenters. The second-order valence-electron chi connectivity index (χ2n) is 7.32. The fourth-order valence-electron chi connectivity index (χ4n) is 4.27. The van der Waals surface area contributed by atoms with Crippen LogP contribution in [0.4, 0.5) is 0 Å². The topological polar surface area (TPSA) is 4.93 Å². The molecule has 0 bridgehead atoms. The first-order valence-electron chi connectivity index (χ1n) is 9.65. The van der Waals surface area contributed by atoms with Gasteiger partial charge in [-0.25, -0.2) is 0 Å². The molecule has 0 saturated heterocycles. The zero-order valence-electron chi connectivity index (χ0n) is 15.9. The number of aromatic nitrogens is 1. The van der Waals surface area contributed by atoms with E-state index < -0.39 is 18.4 Å². The van der Waals surface area contributed by atoms with Crippen molar-refractivity contribution in [3.8, 4) is 0 Å². The van der Waals surface area contributed by atoms with Crippen LogP contribution in [0.25, 0.3) is 10.9 Å². The van der Waals surface area contributed by atoms with Crippen LogP contribution in [0.2, 0.25) is 12.8 Å². The van der Waals surface area contributed by atoms with Crippen molar-refractivity contribution < 1.29 is 0 Å². The summed E-state index contributed by atoms with van der Waals surface area (Å²) >= 11 is -2.41. The number of hydrogen-bond acceptors (Lipinski definition) is 0. The molecule has 0 radical (unpaired) electrons. The predicted molar refractivity (Wildman–Crippen MR) is 107 cm³/mol. The molecule has 1 aromatic carbocycles. The van der Waals surface area contributed by atoms with Crippen LogP contribution in [0.1, 0.15) is 59.8 Å². The van der Waals surface area contributed by atoms with E-state index >= 15 is 0 Å². The molecular weight excluding hydrogens is 385 g/mol. The van der Waals surface area contributed by atoms with Gasteiger partial charge in [-0.3, -0.25) is 0 Å². The second kappa shape index (κ2) is 8.60. The van der Waals surface area contributed by atoms with Crippen LogP contribution in [0.3, 0.4) is 0 Å². The number of rotatable bonds is 9. The van der Waals surface area contributed by atoms with Gasteiger partial charge >= 0.3 is 148 Å². The SMILES string of the molecule is CCC[CH2][Sn]([CH2]CCC)([c]1cc2ccccc2n1C)[CH](C)CC. The van der Waals surface area contributed by atoms with Crippen LogP contribution in [-0.4, -0.2) is 22.9 Å². The van der Waals surface area contributed by atoms with Gasteiger partial charge in [0.05, 0.1) is 0 Å². The predicted octanol–water partition coefficient (Wildman–Crippen LogP) is 6.23. The Balaban J connectivity index is 2.58. The molecule has 0 saturated carbocycles. The van der Waals surface area contributed by atoms with E-state index in [4.69, 9.17) is 0 Å². The van der Waals surface area contributed by atoms with Crippen molar-refractivity contribution >= 4 is 33.0 Å². The quantitative estimate of drug-likeness (QED) is 0.424. The van der Waals surface area contributed by atoms with Crippen molar-refractivity contribution in [3.05, 3.63) is 30.3 Å². The van der Waals surface area contributed by atoms with E-state index in [0.29, 0.717) is 0 Å². The Kier molecular flexibility index (Phi) is 7.06. The summed E-state index contributed by atoms with van der Waals surface area (Å²) in [7, 11) is 2.32. The normalized spacial score (nSPS) is 13.6. The number of nitrogens with zero attached hydrogens (tertiary/aromatic N) is 1. The third kappa shape index (κ3) is 3.80. The van der Waals surface area contributed by atoms with Crippen LogP contribution in [0.15, 0.2) is 30.3 Å². The second-order valence-corrected chi connectivity index (χ2v) is 21.0. The van der Waals surface area contributed by atoms with Crippen LogP contribution in [0, 0.1) is 0 Å². The molecule has 0 amide bonds. The van der Waals surface area contributed by atoms with E-state index in [-0.39, 0.29) is 0 Å². The summed E-state index contributed by atoms with van der Waals surface area (Å²) in [6, 6.07) is 11.5. The third-order valence-corrected chi connectivity index (χ3v) is 23.9. The van der Waals surface area contributed by atoms with Gasteiger partial charge < -0.3 is 0 Å². The van der Waals surface area contributed by atoms with E-state index in [0.717, 1.165) is 3.93 Å². The van der Waals surface area contributed by atoms with Gasteiger partial charge in [0.25, 0.3) is 0 Å². The van der Waals surface area contributed by atoms with E-state index in [2.05, 4.69) is 69.6 Å². The first-order valence-corrected chi connectivity index (χ1v) is 16.8. The van der Waals surface area contributed by atoms with Crippen molar-refractivity contribution in [1.82, 2.24) is 4.57 Å². The molecule has 0 fully saturated rings. The molecule has 0 aliphatic rings. The minimum atomic E-state index is -2.41. The number of unbranched alkanes of at least 4 members (excludes halogenated alkanes) is 2. The molecule has 0 aliphatic heterocycles. The first kappa shape index (κ1) is 18.9. The molecule has 2 aromatic rings. The Morgan fingerprint density at radius 3 is 2.13 bits per heavy atom. The van der Waals surface area contributed by atoms with Crippen molar-refractivity contribution in [1.29, 1.82) is 0 Å². The van der Waals surface area contributed by atoms with E-state index in [1.54, 1.807) is 3.71 Å². The standard InChI is InChI=1S/C9H8N.3C4H9.Sn/c1-10-7-6-8-4-2-3-5-9(8)10;3*1-3-4-2;/h2-6H,1H3;3H,4H2,1-2H3;2*1,3-4H2,2H3;. The fourth-order valence-corrected chi connectivity index (χ4v) is 22.1. The van der Waals surface area contributed by atoms with Gasteiger partial charge in [-0.05, 0) is 0 Å². The summed E-state index contributed by atoms with van der Waals surface area (Å²) in [4.78, 5) is 0. The van der Waals surface area contributed by atoms with Gasteiger partial charge in [0.15, 0.2) is 0 Å². The summed E-state index contributed by atoms with van der Waals surface area (Å²) in [5.74, 6) is 0. The molecule has 0 aliphatic carbocycles. The molecule has 128 valence electrons. The molecule has 1 aromatic heterocycles. The molecule has 1 atom stereocenters. The zero-order chi connectivity index (χ0) is 16.9. The number of benzene rings is 1. The van der Waals surface area contributed by atoms with Crippen LogP contribution < -0.4 is 3.71 Å². The molecule has 1 nitrogen and oxygen atoms in total. The Bertz CT molecular complexity index is 605. The summed E-state index contributed by atoms with van der Waals surface area (Å²) in [5, 5.41) is 1.45. The van der Waals surface area contributed by atoms with Gasteiger partial charge in [-0.1, -0.05) is 0 Å². The zero-order valence-corrected chi connectivity index (χ0v) is 18.7. The summed E-state index contributed by atoms with van der Waals surface area (Å²) < 4.78 is 8.35. The monoisotopic (exact) mass is 421 g/mol. The van der Waals surface area contributed by atoms with Gasteiger partial charge in [0, 0.05) is 0 Å². The van der Waals surface area contributed by atoms with E-state index in [9.17, 15) is 0 Å². The van der Waals surface area contributed by atoms with Crippen molar-refractivity contribution in [3.63, 3.8) is 0 Å². The summed E-state index contributed by atoms with van der Waals surface area (Å²) in [5.41, 5.74) is 1.43. The maximum atomic E-state index is 2.57. The number of fused-ring (bicyclic) bond motifs is 1. The molecule has 2 heteroatoms. The average Bonchev–Trinajstić information content (AvgIpc) is 2.92. The minimum absolute atomic E-state index is 0.936. The van der Waals surface area contributed by atoms with Gasteiger partial charge in [0.1, 0.15) is 0 Å².